The highest BCUT2D eigenvalue weighted by Gasteiger charge is 2.34. The Labute approximate surface area is 172 Å². The molecule has 0 spiro atoms. The van der Waals surface area contributed by atoms with E-state index < -0.39 is 5.54 Å². The van der Waals surface area contributed by atoms with Crippen molar-refractivity contribution in [1.29, 1.82) is 0 Å². The first-order chi connectivity index (χ1) is 13.3. The fourth-order valence-corrected chi connectivity index (χ4v) is 3.84. The van der Waals surface area contributed by atoms with Crippen LogP contribution in [0.5, 0.6) is 0 Å². The number of amidine groups is 1. The van der Waals surface area contributed by atoms with Gasteiger partial charge in [-0.05, 0) is 30.2 Å². The van der Waals surface area contributed by atoms with Gasteiger partial charge < -0.3 is 10.5 Å². The summed E-state index contributed by atoms with van der Waals surface area (Å²) in [4.78, 5) is 21.2. The SMILES string of the molecule is CC[C@@]1(c2cc(CC(=O)c3ncc(Cl)cc3Cl)ccc2F)CCOCC(N)=N1. The Bertz CT molecular complexity index is 936. The third-order valence-corrected chi connectivity index (χ3v) is 5.32. The molecular weight excluding hydrogens is 404 g/mol. The van der Waals surface area contributed by atoms with Gasteiger partial charge in [0.25, 0.3) is 0 Å². The van der Waals surface area contributed by atoms with Crippen LogP contribution in [0.3, 0.4) is 0 Å². The molecule has 8 heteroatoms. The highest BCUT2D eigenvalue weighted by Crippen LogP contribution is 2.37. The van der Waals surface area contributed by atoms with E-state index >= 15 is 0 Å². The Kier molecular flexibility index (Phi) is 6.33. The molecule has 148 valence electrons. The maximum Gasteiger partial charge on any atom is 0.187 e. The summed E-state index contributed by atoms with van der Waals surface area (Å²) in [6.07, 6.45) is 2.45. The lowest BCUT2D eigenvalue weighted by Crippen LogP contribution is -2.28. The molecule has 3 rings (SSSR count). The molecular formula is C20H20Cl2FN3O2. The summed E-state index contributed by atoms with van der Waals surface area (Å²) in [7, 11) is 0. The van der Waals surface area contributed by atoms with E-state index in [0.29, 0.717) is 41.4 Å². The number of pyridine rings is 1. The molecule has 0 fully saturated rings. The number of carbonyl (C=O) groups is 1. The summed E-state index contributed by atoms with van der Waals surface area (Å²) < 4.78 is 20.2. The Hall–Kier alpha value is -2.02. The van der Waals surface area contributed by atoms with E-state index in [1.165, 1.54) is 18.3 Å². The molecule has 1 aromatic carbocycles. The van der Waals surface area contributed by atoms with Crippen molar-refractivity contribution in [1.82, 2.24) is 4.98 Å². The number of aliphatic imine (C=N–C) groups is 1. The van der Waals surface area contributed by atoms with E-state index in [-0.39, 0.29) is 35.3 Å². The van der Waals surface area contributed by atoms with Gasteiger partial charge in [-0.2, -0.15) is 0 Å². The first-order valence-electron chi connectivity index (χ1n) is 8.90. The van der Waals surface area contributed by atoms with Gasteiger partial charge in [0.1, 0.15) is 24.0 Å². The minimum absolute atomic E-state index is 0.0249. The summed E-state index contributed by atoms with van der Waals surface area (Å²) in [6.45, 7) is 2.57. The van der Waals surface area contributed by atoms with Crippen molar-refractivity contribution in [2.45, 2.75) is 31.7 Å². The zero-order valence-electron chi connectivity index (χ0n) is 15.3. The van der Waals surface area contributed by atoms with Crippen LogP contribution in [-0.2, 0) is 16.7 Å². The van der Waals surface area contributed by atoms with E-state index in [9.17, 15) is 9.18 Å². The third-order valence-electron chi connectivity index (χ3n) is 4.82. The molecule has 2 N–H and O–H groups in total. The van der Waals surface area contributed by atoms with Crippen molar-refractivity contribution < 1.29 is 13.9 Å². The lowest BCUT2D eigenvalue weighted by Gasteiger charge is -2.29. The second kappa shape index (κ2) is 8.55. The van der Waals surface area contributed by atoms with Crippen LogP contribution in [0.1, 0.15) is 41.4 Å². The first-order valence-corrected chi connectivity index (χ1v) is 9.65. The fraction of sp³-hybridized carbons (Fsp3) is 0.350. The zero-order valence-corrected chi connectivity index (χ0v) is 16.9. The molecule has 0 aliphatic carbocycles. The normalized spacial score (nSPS) is 19.8. The van der Waals surface area contributed by atoms with Gasteiger partial charge >= 0.3 is 0 Å². The van der Waals surface area contributed by atoms with E-state index in [0.717, 1.165) is 0 Å². The molecule has 0 saturated carbocycles. The molecule has 28 heavy (non-hydrogen) atoms. The smallest absolute Gasteiger partial charge is 0.187 e. The molecule has 1 aliphatic heterocycles. The molecule has 0 radical (unpaired) electrons. The number of hydrogen-bond acceptors (Lipinski definition) is 5. The number of carbonyl (C=O) groups excluding carboxylic acids is 1. The number of benzene rings is 1. The van der Waals surface area contributed by atoms with Crippen LogP contribution < -0.4 is 5.73 Å². The number of halogens is 3. The molecule has 5 nitrogen and oxygen atoms in total. The van der Waals surface area contributed by atoms with Gasteiger partial charge in [0.15, 0.2) is 5.78 Å². The minimum Gasteiger partial charge on any atom is -0.386 e. The standard InChI is InChI=1S/C20H20Cl2FN3O2/c1-2-20(5-6-28-11-18(24)26-20)14-7-12(3-4-16(14)23)8-17(27)19-15(22)9-13(21)10-25-19/h3-4,7,9-10H,2,5-6,8,11H2,1H3,(H2,24,26)/t20-/m0/s1. The third kappa shape index (κ3) is 4.35. The Morgan fingerprint density at radius 3 is 2.86 bits per heavy atom. The number of Topliss-reactive ketones (excluding diaryl/α,β-unsaturated/α-hetero) is 1. The average molecular weight is 424 g/mol. The van der Waals surface area contributed by atoms with Crippen molar-refractivity contribution in [2.75, 3.05) is 13.2 Å². The predicted molar refractivity (Wildman–Crippen MR) is 108 cm³/mol. The number of rotatable bonds is 5. The van der Waals surface area contributed by atoms with Crippen molar-refractivity contribution >= 4 is 34.8 Å². The van der Waals surface area contributed by atoms with E-state index in [2.05, 4.69) is 9.98 Å². The zero-order chi connectivity index (χ0) is 20.3. The summed E-state index contributed by atoms with van der Waals surface area (Å²) in [5.74, 6) is -0.339. The van der Waals surface area contributed by atoms with Gasteiger partial charge in [-0.25, -0.2) is 9.37 Å². The largest absolute Gasteiger partial charge is 0.386 e. The maximum absolute atomic E-state index is 14.7. The Morgan fingerprint density at radius 2 is 2.14 bits per heavy atom. The van der Waals surface area contributed by atoms with E-state index in [1.54, 1.807) is 12.1 Å². The van der Waals surface area contributed by atoms with Crippen LogP contribution in [0.4, 0.5) is 4.39 Å². The van der Waals surface area contributed by atoms with Crippen molar-refractivity contribution in [3.05, 3.63) is 63.1 Å². The molecule has 2 heterocycles. The highest BCUT2D eigenvalue weighted by molar-refractivity contribution is 6.36. The first kappa shape index (κ1) is 20.7. The topological polar surface area (TPSA) is 77.6 Å². The number of nitrogens with two attached hydrogens (primary N) is 1. The van der Waals surface area contributed by atoms with Crippen LogP contribution >= 0.6 is 23.2 Å². The number of aromatic nitrogens is 1. The molecule has 1 aromatic heterocycles. The summed E-state index contributed by atoms with van der Waals surface area (Å²) in [5, 5.41) is 0.532. The van der Waals surface area contributed by atoms with Crippen LogP contribution in [0.2, 0.25) is 10.0 Å². The van der Waals surface area contributed by atoms with Crippen molar-refractivity contribution in [3.8, 4) is 0 Å². The molecule has 0 bridgehead atoms. The Balaban J connectivity index is 1.95. The summed E-state index contributed by atoms with van der Waals surface area (Å²) in [6, 6.07) is 6.06. The second-order valence-corrected chi connectivity index (χ2v) is 7.53. The lowest BCUT2D eigenvalue weighted by molar-refractivity contribution is 0.0988. The van der Waals surface area contributed by atoms with Crippen LogP contribution in [0, 0.1) is 5.82 Å². The van der Waals surface area contributed by atoms with Crippen LogP contribution in [0.15, 0.2) is 35.5 Å². The average Bonchev–Trinajstić information content (AvgIpc) is 2.85. The van der Waals surface area contributed by atoms with Gasteiger partial charge in [-0.3, -0.25) is 9.79 Å². The van der Waals surface area contributed by atoms with Gasteiger partial charge in [-0.1, -0.05) is 36.2 Å². The molecule has 0 saturated heterocycles. The van der Waals surface area contributed by atoms with Crippen molar-refractivity contribution in [2.24, 2.45) is 10.7 Å². The number of nitrogens with zero attached hydrogens (tertiary/aromatic N) is 2. The lowest BCUT2D eigenvalue weighted by atomic mass is 9.83. The van der Waals surface area contributed by atoms with Gasteiger partial charge in [0.05, 0.1) is 15.6 Å². The van der Waals surface area contributed by atoms with Crippen molar-refractivity contribution in [3.63, 3.8) is 0 Å². The number of hydrogen-bond donors (Lipinski definition) is 1. The molecule has 1 atom stereocenters. The summed E-state index contributed by atoms with van der Waals surface area (Å²) in [5.41, 5.74) is 6.27. The molecule has 0 unspecified atom stereocenters. The van der Waals surface area contributed by atoms with Crippen LogP contribution in [-0.4, -0.2) is 29.8 Å². The maximum atomic E-state index is 14.7. The van der Waals surface area contributed by atoms with E-state index in [4.69, 9.17) is 33.7 Å². The second-order valence-electron chi connectivity index (χ2n) is 6.69. The quantitative estimate of drug-likeness (QED) is 0.725. The molecule has 0 amide bonds. The predicted octanol–water partition coefficient (Wildman–Crippen LogP) is 4.34. The van der Waals surface area contributed by atoms with Gasteiger partial charge in [0.2, 0.25) is 0 Å². The number of ketones is 1. The monoisotopic (exact) mass is 423 g/mol. The fourth-order valence-electron chi connectivity index (χ4n) is 3.35. The Morgan fingerprint density at radius 1 is 1.36 bits per heavy atom. The summed E-state index contributed by atoms with van der Waals surface area (Å²) >= 11 is 11.9. The van der Waals surface area contributed by atoms with Gasteiger partial charge in [-0.15, -0.1) is 0 Å². The minimum atomic E-state index is -0.820. The molecule has 2 aromatic rings. The number of ether oxygens (including phenoxy) is 1. The van der Waals surface area contributed by atoms with Gasteiger partial charge in [0, 0.05) is 31.2 Å². The van der Waals surface area contributed by atoms with Crippen LogP contribution in [0.25, 0.3) is 0 Å². The molecule has 1 aliphatic rings. The van der Waals surface area contributed by atoms with E-state index in [1.807, 2.05) is 6.92 Å². The highest BCUT2D eigenvalue weighted by atomic mass is 35.5.